The summed E-state index contributed by atoms with van der Waals surface area (Å²) in [6, 6.07) is 8.33. The van der Waals surface area contributed by atoms with Gasteiger partial charge in [0.05, 0.1) is 28.6 Å². The average Bonchev–Trinajstić information content (AvgIpc) is 3.40. The molecule has 0 amide bonds. The largest absolute Gasteiger partial charge is 0.383 e. The average molecular weight is 431 g/mol. The second-order valence-electron chi connectivity index (χ2n) is 8.63. The van der Waals surface area contributed by atoms with E-state index in [1.165, 1.54) is 19.3 Å². The Kier molecular flexibility index (Phi) is 4.75. The van der Waals surface area contributed by atoms with Gasteiger partial charge in [-0.3, -0.25) is 5.10 Å². The van der Waals surface area contributed by atoms with Gasteiger partial charge in [-0.1, -0.05) is 6.07 Å². The zero-order valence-corrected chi connectivity index (χ0v) is 17.8. The van der Waals surface area contributed by atoms with Crippen LogP contribution in [0.5, 0.6) is 0 Å². The van der Waals surface area contributed by atoms with E-state index >= 15 is 0 Å². The van der Waals surface area contributed by atoms with E-state index in [0.717, 1.165) is 53.0 Å². The van der Waals surface area contributed by atoms with Gasteiger partial charge in [-0.25, -0.2) is 9.97 Å². The minimum Gasteiger partial charge on any atom is -0.383 e. The highest BCUT2D eigenvalue weighted by molar-refractivity contribution is 5.76. The first-order valence-electron chi connectivity index (χ1n) is 11.2. The molecular weight excluding hydrogens is 404 g/mol. The molecule has 1 aliphatic heterocycles. The molecule has 9 heteroatoms. The molecule has 4 aromatic rings. The molecule has 1 aromatic carbocycles. The summed E-state index contributed by atoms with van der Waals surface area (Å²) in [5.74, 6) is 1.52. The van der Waals surface area contributed by atoms with Gasteiger partial charge in [0, 0.05) is 31.0 Å². The number of nitrogens with one attached hydrogen (secondary N) is 2. The second kappa shape index (κ2) is 7.90. The topological polar surface area (TPSA) is 120 Å². The molecule has 0 radical (unpaired) electrons. The van der Waals surface area contributed by atoms with Crippen molar-refractivity contribution < 1.29 is 4.74 Å². The summed E-state index contributed by atoms with van der Waals surface area (Å²) in [7, 11) is 0. The predicted octanol–water partition coefficient (Wildman–Crippen LogP) is 3.99. The summed E-state index contributed by atoms with van der Waals surface area (Å²) in [6.07, 6.45) is 9.49. The molecule has 1 saturated heterocycles. The van der Waals surface area contributed by atoms with Crippen molar-refractivity contribution in [3.8, 4) is 11.3 Å². The van der Waals surface area contributed by atoms with E-state index in [0.29, 0.717) is 24.2 Å². The fourth-order valence-electron chi connectivity index (χ4n) is 4.30. The second-order valence-corrected chi connectivity index (χ2v) is 8.63. The van der Waals surface area contributed by atoms with E-state index in [9.17, 15) is 0 Å². The molecule has 2 fully saturated rings. The predicted molar refractivity (Wildman–Crippen MR) is 122 cm³/mol. The Balaban J connectivity index is 1.15. The van der Waals surface area contributed by atoms with E-state index in [4.69, 9.17) is 10.5 Å². The fraction of sp³-hybridized carbons (Fsp3) is 0.391. The van der Waals surface area contributed by atoms with Crippen LogP contribution in [0.2, 0.25) is 0 Å². The normalized spacial score (nSPS) is 18.8. The third-order valence-corrected chi connectivity index (χ3v) is 6.26. The first-order chi connectivity index (χ1) is 15.7. The molecule has 9 nitrogen and oxygen atoms in total. The lowest BCUT2D eigenvalue weighted by Crippen LogP contribution is -2.17. The third-order valence-electron chi connectivity index (χ3n) is 6.26. The van der Waals surface area contributed by atoms with Crippen LogP contribution in [0.25, 0.3) is 22.3 Å². The molecule has 6 rings (SSSR count). The highest BCUT2D eigenvalue weighted by Crippen LogP contribution is 2.40. The SMILES string of the molecule is Nc1nc(NCc2ccc3c(c2)ncn3C2CCCCO2)ncc1-c1cc(C2CC2)[nH]n1. The first kappa shape index (κ1) is 19.2. The number of ether oxygens (including phenoxy) is 1. The van der Waals surface area contributed by atoms with Gasteiger partial charge in [0.15, 0.2) is 0 Å². The summed E-state index contributed by atoms with van der Waals surface area (Å²) in [5, 5.41) is 10.7. The number of hydrogen-bond acceptors (Lipinski definition) is 7. The molecule has 1 aliphatic carbocycles. The Morgan fingerprint density at radius 1 is 1.16 bits per heavy atom. The number of nitrogen functional groups attached to an aromatic ring is 1. The van der Waals surface area contributed by atoms with Crippen LogP contribution in [0.15, 0.2) is 36.8 Å². The number of anilines is 2. The Morgan fingerprint density at radius 3 is 2.91 bits per heavy atom. The molecule has 1 unspecified atom stereocenters. The molecule has 4 heterocycles. The molecule has 0 bridgehead atoms. The van der Waals surface area contributed by atoms with Crippen molar-refractivity contribution >= 4 is 22.8 Å². The lowest BCUT2D eigenvalue weighted by Gasteiger charge is -2.24. The zero-order valence-electron chi connectivity index (χ0n) is 17.8. The molecule has 4 N–H and O–H groups in total. The van der Waals surface area contributed by atoms with Crippen LogP contribution >= 0.6 is 0 Å². The lowest BCUT2D eigenvalue weighted by atomic mass is 10.1. The summed E-state index contributed by atoms with van der Waals surface area (Å²) in [4.78, 5) is 13.4. The quantitative estimate of drug-likeness (QED) is 0.423. The van der Waals surface area contributed by atoms with E-state index in [1.807, 2.05) is 12.4 Å². The molecule has 164 valence electrons. The van der Waals surface area contributed by atoms with Crippen molar-refractivity contribution in [3.05, 3.63) is 48.0 Å². The molecule has 2 aliphatic rings. The summed E-state index contributed by atoms with van der Waals surface area (Å²) in [5.41, 5.74) is 12.0. The maximum Gasteiger partial charge on any atom is 0.224 e. The minimum atomic E-state index is 0.0856. The standard InChI is InChI=1S/C23H26N8O/c24-22-16(18-10-17(29-30-18)15-5-6-15)12-26-23(28-22)25-11-14-4-7-20-19(9-14)27-13-31(20)21-3-1-2-8-32-21/h4,7,9-10,12-13,15,21H,1-3,5-6,8,11H2,(H,29,30)(H3,24,25,26,28). The maximum absolute atomic E-state index is 6.20. The number of hydrogen-bond donors (Lipinski definition) is 3. The van der Waals surface area contributed by atoms with Crippen molar-refractivity contribution in [2.45, 2.75) is 50.8 Å². The van der Waals surface area contributed by atoms with E-state index in [1.54, 1.807) is 6.20 Å². The molecule has 3 aromatic heterocycles. The summed E-state index contributed by atoms with van der Waals surface area (Å²) >= 11 is 0. The highest BCUT2D eigenvalue weighted by Gasteiger charge is 2.26. The Labute approximate surface area is 185 Å². The minimum absolute atomic E-state index is 0.0856. The zero-order chi connectivity index (χ0) is 21.5. The van der Waals surface area contributed by atoms with Gasteiger partial charge in [-0.15, -0.1) is 0 Å². The molecular formula is C23H26N8O. The fourth-order valence-corrected chi connectivity index (χ4v) is 4.30. The van der Waals surface area contributed by atoms with Crippen LogP contribution in [0, 0.1) is 0 Å². The summed E-state index contributed by atoms with van der Waals surface area (Å²) in [6.45, 7) is 1.39. The Morgan fingerprint density at radius 2 is 2.09 bits per heavy atom. The van der Waals surface area contributed by atoms with Crippen molar-refractivity contribution in [1.29, 1.82) is 0 Å². The Hall–Kier alpha value is -3.46. The number of fused-ring (bicyclic) bond motifs is 1. The molecule has 1 atom stereocenters. The van der Waals surface area contributed by atoms with Crippen molar-refractivity contribution in [2.75, 3.05) is 17.7 Å². The number of nitrogens with zero attached hydrogens (tertiary/aromatic N) is 5. The van der Waals surface area contributed by atoms with Crippen LogP contribution in [-0.4, -0.2) is 36.3 Å². The smallest absolute Gasteiger partial charge is 0.224 e. The number of benzene rings is 1. The van der Waals surface area contributed by atoms with Crippen LogP contribution in [-0.2, 0) is 11.3 Å². The van der Waals surface area contributed by atoms with Gasteiger partial charge >= 0.3 is 0 Å². The number of H-pyrrole nitrogens is 1. The number of aromatic nitrogens is 6. The van der Waals surface area contributed by atoms with Gasteiger partial charge < -0.3 is 20.4 Å². The van der Waals surface area contributed by atoms with E-state index in [2.05, 4.69) is 53.2 Å². The van der Waals surface area contributed by atoms with Crippen LogP contribution in [0.3, 0.4) is 0 Å². The van der Waals surface area contributed by atoms with Crippen molar-refractivity contribution in [3.63, 3.8) is 0 Å². The number of aromatic amines is 1. The number of rotatable bonds is 6. The molecule has 0 spiro atoms. The summed E-state index contributed by atoms with van der Waals surface area (Å²) < 4.78 is 8.05. The van der Waals surface area contributed by atoms with Crippen LogP contribution < -0.4 is 11.1 Å². The monoisotopic (exact) mass is 430 g/mol. The first-order valence-corrected chi connectivity index (χ1v) is 11.2. The van der Waals surface area contributed by atoms with Gasteiger partial charge in [-0.05, 0) is 55.9 Å². The van der Waals surface area contributed by atoms with Crippen molar-refractivity contribution in [1.82, 2.24) is 29.7 Å². The van der Waals surface area contributed by atoms with Gasteiger partial charge in [0.1, 0.15) is 12.0 Å². The number of nitrogens with two attached hydrogens (primary N) is 1. The van der Waals surface area contributed by atoms with Gasteiger partial charge in [-0.2, -0.15) is 10.1 Å². The van der Waals surface area contributed by atoms with E-state index in [-0.39, 0.29) is 6.23 Å². The molecule has 32 heavy (non-hydrogen) atoms. The van der Waals surface area contributed by atoms with Gasteiger partial charge in [0.2, 0.25) is 5.95 Å². The van der Waals surface area contributed by atoms with E-state index < -0.39 is 0 Å². The van der Waals surface area contributed by atoms with Crippen molar-refractivity contribution in [2.24, 2.45) is 0 Å². The van der Waals surface area contributed by atoms with Crippen LogP contribution in [0.1, 0.15) is 55.5 Å². The molecule has 1 saturated carbocycles. The van der Waals surface area contributed by atoms with Gasteiger partial charge in [0.25, 0.3) is 0 Å². The maximum atomic E-state index is 6.20. The Bertz CT molecular complexity index is 1250. The highest BCUT2D eigenvalue weighted by atomic mass is 16.5. The third kappa shape index (κ3) is 3.69. The number of imidazole rings is 1. The van der Waals surface area contributed by atoms with Crippen LogP contribution in [0.4, 0.5) is 11.8 Å². The lowest BCUT2D eigenvalue weighted by molar-refractivity contribution is -0.0295.